The molecule has 1 aromatic heterocycles. The van der Waals surface area contributed by atoms with Crippen molar-refractivity contribution in [2.24, 2.45) is 0 Å². The molecule has 0 amide bonds. The molecule has 1 aromatic rings. The van der Waals surface area contributed by atoms with Gasteiger partial charge in [-0.1, -0.05) is 0 Å². The average molecular weight is 307 g/mol. The number of rotatable bonds is 6. The van der Waals surface area contributed by atoms with Crippen LogP contribution in [0.1, 0.15) is 21.0 Å². The summed E-state index contributed by atoms with van der Waals surface area (Å²) in [6.07, 6.45) is -2.69. The lowest BCUT2D eigenvalue weighted by Gasteiger charge is -2.26. The summed E-state index contributed by atoms with van der Waals surface area (Å²) in [7, 11) is 0. The van der Waals surface area contributed by atoms with Crippen LogP contribution in [-0.4, -0.2) is 55.4 Å². The smallest absolute Gasteiger partial charge is 0.349 e. The van der Waals surface area contributed by atoms with Gasteiger partial charge in [0, 0.05) is 25.7 Å². The summed E-state index contributed by atoms with van der Waals surface area (Å²) in [4.78, 5) is 12.6. The van der Waals surface area contributed by atoms with Crippen molar-refractivity contribution in [1.29, 1.82) is 0 Å². The normalized spacial score (nSPS) is 16.6. The van der Waals surface area contributed by atoms with Crippen LogP contribution >= 0.6 is 11.3 Å². The van der Waals surface area contributed by atoms with Gasteiger partial charge in [-0.2, -0.15) is 0 Å². The molecule has 0 aliphatic carbocycles. The second-order valence-electron chi connectivity index (χ2n) is 4.25. The number of carbonyl (C=O) groups is 1. The second-order valence-corrected chi connectivity index (χ2v) is 5.33. The monoisotopic (exact) mass is 307 g/mol. The number of hydrogen-bond donors (Lipinski definition) is 1. The van der Waals surface area contributed by atoms with Gasteiger partial charge in [-0.15, -0.1) is 11.3 Å². The highest BCUT2D eigenvalue weighted by molar-refractivity contribution is 7.14. The Kier molecular flexibility index (Phi) is 5.27. The van der Waals surface area contributed by atoms with E-state index in [9.17, 15) is 13.6 Å². The van der Waals surface area contributed by atoms with Crippen molar-refractivity contribution >= 4 is 17.3 Å². The van der Waals surface area contributed by atoms with Gasteiger partial charge >= 0.3 is 5.97 Å². The van der Waals surface area contributed by atoms with Crippen molar-refractivity contribution in [2.45, 2.75) is 6.43 Å². The number of carboxylic acid groups (broad SMARTS) is 1. The molecule has 0 atom stereocenters. The van der Waals surface area contributed by atoms with Crippen LogP contribution in [0.3, 0.4) is 0 Å². The second kappa shape index (κ2) is 6.96. The molecule has 0 radical (unpaired) electrons. The number of aromatic carboxylic acids is 1. The van der Waals surface area contributed by atoms with Crippen LogP contribution in [0, 0.1) is 0 Å². The Morgan fingerprint density at radius 1 is 1.50 bits per heavy atom. The summed E-state index contributed by atoms with van der Waals surface area (Å²) in [5.74, 6) is -1.23. The molecular formula is C12H15F2NO4S. The Labute approximate surface area is 118 Å². The molecule has 1 N–H and O–H groups in total. The highest BCUT2D eigenvalue weighted by Gasteiger charge is 2.21. The molecule has 2 rings (SSSR count). The predicted octanol–water partition coefficient (Wildman–Crippen LogP) is 2.09. The SMILES string of the molecule is O=C(O)c1sc(C(F)F)cc1OCCN1CCOCC1. The maximum atomic E-state index is 12.6. The molecule has 1 aliphatic rings. The first kappa shape index (κ1) is 15.1. The fourth-order valence-electron chi connectivity index (χ4n) is 1.87. The first-order valence-corrected chi connectivity index (χ1v) is 6.97. The molecule has 112 valence electrons. The Bertz CT molecular complexity index is 460. The van der Waals surface area contributed by atoms with E-state index in [1.165, 1.54) is 0 Å². The summed E-state index contributed by atoms with van der Waals surface area (Å²) in [5.41, 5.74) is 0. The summed E-state index contributed by atoms with van der Waals surface area (Å²) in [6, 6.07) is 1.11. The van der Waals surface area contributed by atoms with Gasteiger partial charge in [-0.25, -0.2) is 13.6 Å². The third kappa shape index (κ3) is 3.87. The number of carboxylic acids is 1. The topological polar surface area (TPSA) is 59.0 Å². The minimum absolute atomic E-state index is 0.0195. The number of thiophene rings is 1. The van der Waals surface area contributed by atoms with Crippen LogP contribution in [0.15, 0.2) is 6.07 Å². The quantitative estimate of drug-likeness (QED) is 0.872. The van der Waals surface area contributed by atoms with Crippen molar-refractivity contribution in [3.05, 3.63) is 15.8 Å². The number of morpholine rings is 1. The molecule has 20 heavy (non-hydrogen) atoms. The van der Waals surface area contributed by atoms with Gasteiger partial charge in [0.05, 0.1) is 18.1 Å². The van der Waals surface area contributed by atoms with Crippen LogP contribution in [0.4, 0.5) is 8.78 Å². The van der Waals surface area contributed by atoms with E-state index in [1.807, 2.05) is 0 Å². The van der Waals surface area contributed by atoms with Crippen molar-refractivity contribution < 1.29 is 28.2 Å². The van der Waals surface area contributed by atoms with Crippen molar-refractivity contribution in [2.75, 3.05) is 39.5 Å². The first-order chi connectivity index (χ1) is 9.58. The van der Waals surface area contributed by atoms with Gasteiger partial charge in [0.25, 0.3) is 6.43 Å². The van der Waals surface area contributed by atoms with Crippen LogP contribution < -0.4 is 4.74 Å². The van der Waals surface area contributed by atoms with E-state index in [1.54, 1.807) is 0 Å². The molecule has 0 unspecified atom stereocenters. The van der Waals surface area contributed by atoms with E-state index >= 15 is 0 Å². The van der Waals surface area contributed by atoms with Gasteiger partial charge in [0.1, 0.15) is 12.4 Å². The minimum atomic E-state index is -2.69. The Hall–Kier alpha value is -1.25. The molecule has 1 aliphatic heterocycles. The van der Waals surface area contributed by atoms with E-state index in [0.29, 0.717) is 31.1 Å². The fraction of sp³-hybridized carbons (Fsp3) is 0.583. The lowest BCUT2D eigenvalue weighted by atomic mass is 10.4. The molecule has 0 bridgehead atoms. The lowest BCUT2D eigenvalue weighted by molar-refractivity contribution is 0.0321. The number of halogens is 2. The standard InChI is InChI=1S/C12H15F2NO4S/c13-11(14)9-7-8(10(20-9)12(16)17)19-6-3-15-1-4-18-5-2-15/h7,11H,1-6H2,(H,16,17). The van der Waals surface area contributed by atoms with Crippen LogP contribution in [0.5, 0.6) is 5.75 Å². The summed E-state index contributed by atoms with van der Waals surface area (Å²) < 4.78 is 35.7. The fourth-order valence-corrected chi connectivity index (χ4v) is 2.66. The Morgan fingerprint density at radius 3 is 2.80 bits per heavy atom. The molecule has 2 heterocycles. The predicted molar refractivity (Wildman–Crippen MR) is 69.0 cm³/mol. The summed E-state index contributed by atoms with van der Waals surface area (Å²) in [6.45, 7) is 3.78. The van der Waals surface area contributed by atoms with Gasteiger partial charge in [-0.3, -0.25) is 4.90 Å². The van der Waals surface area contributed by atoms with Crippen LogP contribution in [0.2, 0.25) is 0 Å². The van der Waals surface area contributed by atoms with Gasteiger partial charge in [-0.05, 0) is 0 Å². The Balaban J connectivity index is 1.92. The highest BCUT2D eigenvalue weighted by Crippen LogP contribution is 2.35. The molecule has 1 saturated heterocycles. The number of hydrogen-bond acceptors (Lipinski definition) is 5. The third-order valence-corrected chi connectivity index (χ3v) is 4.01. The van der Waals surface area contributed by atoms with Crippen LogP contribution in [-0.2, 0) is 4.74 Å². The van der Waals surface area contributed by atoms with E-state index in [4.69, 9.17) is 14.6 Å². The molecule has 0 spiro atoms. The zero-order chi connectivity index (χ0) is 14.5. The van der Waals surface area contributed by atoms with Crippen molar-refractivity contribution in [1.82, 2.24) is 4.90 Å². The lowest BCUT2D eigenvalue weighted by Crippen LogP contribution is -2.38. The minimum Gasteiger partial charge on any atom is -0.490 e. The zero-order valence-corrected chi connectivity index (χ0v) is 11.5. The third-order valence-electron chi connectivity index (χ3n) is 2.90. The zero-order valence-electron chi connectivity index (χ0n) is 10.7. The van der Waals surface area contributed by atoms with Crippen molar-refractivity contribution in [3.63, 3.8) is 0 Å². The van der Waals surface area contributed by atoms with E-state index < -0.39 is 12.4 Å². The molecule has 1 fully saturated rings. The maximum absolute atomic E-state index is 12.6. The number of alkyl halides is 2. The van der Waals surface area contributed by atoms with E-state index in [2.05, 4.69) is 4.90 Å². The number of ether oxygens (including phenoxy) is 2. The molecule has 0 saturated carbocycles. The van der Waals surface area contributed by atoms with Crippen LogP contribution in [0.25, 0.3) is 0 Å². The van der Waals surface area contributed by atoms with Crippen molar-refractivity contribution in [3.8, 4) is 5.75 Å². The van der Waals surface area contributed by atoms with Gasteiger partial charge < -0.3 is 14.6 Å². The Morgan fingerprint density at radius 2 is 2.20 bits per heavy atom. The molecule has 5 nitrogen and oxygen atoms in total. The van der Waals surface area contributed by atoms with Gasteiger partial charge in [0.2, 0.25) is 0 Å². The largest absolute Gasteiger partial charge is 0.490 e. The molecule has 8 heteroatoms. The summed E-state index contributed by atoms with van der Waals surface area (Å²) in [5, 5.41) is 8.97. The summed E-state index contributed by atoms with van der Waals surface area (Å²) >= 11 is 0.554. The van der Waals surface area contributed by atoms with E-state index in [-0.39, 0.29) is 22.1 Å². The van der Waals surface area contributed by atoms with Gasteiger partial charge in [0.15, 0.2) is 4.88 Å². The van der Waals surface area contributed by atoms with E-state index in [0.717, 1.165) is 19.2 Å². The molecular weight excluding hydrogens is 292 g/mol. The average Bonchev–Trinajstić information content (AvgIpc) is 2.84. The number of nitrogens with zero attached hydrogens (tertiary/aromatic N) is 1. The molecule has 0 aromatic carbocycles. The highest BCUT2D eigenvalue weighted by atomic mass is 32.1. The maximum Gasteiger partial charge on any atom is 0.349 e. The first-order valence-electron chi connectivity index (χ1n) is 6.16.